The van der Waals surface area contributed by atoms with Gasteiger partial charge in [-0.25, -0.2) is 0 Å². The van der Waals surface area contributed by atoms with Crippen LogP contribution in [0, 0.1) is 0 Å². The first-order valence-corrected chi connectivity index (χ1v) is 6.48. The van der Waals surface area contributed by atoms with Gasteiger partial charge < -0.3 is 4.74 Å². The van der Waals surface area contributed by atoms with Crippen molar-refractivity contribution in [2.24, 2.45) is 0 Å². The molecule has 0 atom stereocenters. The predicted molar refractivity (Wildman–Crippen MR) is 70.1 cm³/mol. The number of ether oxygens (including phenoxy) is 1. The first-order chi connectivity index (χ1) is 8.79. The Kier molecular flexibility index (Phi) is 4.25. The zero-order valence-corrected chi connectivity index (χ0v) is 10.7. The normalized spacial score (nSPS) is 10.1. The Hall–Kier alpha value is -1.95. The first-order valence-electron chi connectivity index (χ1n) is 5.60. The lowest BCUT2D eigenvalue weighted by atomic mass is 10.2. The second-order valence-corrected chi connectivity index (χ2v) is 4.41. The summed E-state index contributed by atoms with van der Waals surface area (Å²) in [5.41, 5.74) is 2.11. The van der Waals surface area contributed by atoms with Gasteiger partial charge >= 0.3 is 0 Å². The van der Waals surface area contributed by atoms with Gasteiger partial charge in [0.1, 0.15) is 11.3 Å². The van der Waals surface area contributed by atoms with Gasteiger partial charge in [0.2, 0.25) is 5.13 Å². The van der Waals surface area contributed by atoms with E-state index < -0.39 is 0 Å². The maximum absolute atomic E-state index is 11.9. The summed E-state index contributed by atoms with van der Waals surface area (Å²) < 4.78 is 5.48. The highest BCUT2D eigenvalue weighted by Crippen LogP contribution is 2.16. The molecule has 0 aliphatic rings. The molecule has 1 amide bonds. The monoisotopic (exact) mass is 263 g/mol. The maximum Gasteiger partial charge on any atom is 0.257 e. The van der Waals surface area contributed by atoms with Crippen molar-refractivity contribution in [1.29, 1.82) is 0 Å². The molecule has 0 radical (unpaired) electrons. The Morgan fingerprint density at radius 3 is 3.11 bits per heavy atom. The molecule has 94 valence electrons. The highest BCUT2D eigenvalue weighted by Gasteiger charge is 2.08. The molecule has 18 heavy (non-hydrogen) atoms. The van der Waals surface area contributed by atoms with E-state index in [1.54, 1.807) is 23.7 Å². The summed E-state index contributed by atoms with van der Waals surface area (Å²) >= 11 is 1.28. The fourth-order valence-corrected chi connectivity index (χ4v) is 1.78. The van der Waals surface area contributed by atoms with E-state index in [0.717, 1.165) is 6.42 Å². The second kappa shape index (κ2) is 6.11. The summed E-state index contributed by atoms with van der Waals surface area (Å²) in [7, 11) is 0. The quantitative estimate of drug-likeness (QED) is 0.900. The number of rotatable bonds is 5. The summed E-state index contributed by atoms with van der Waals surface area (Å²) in [4.78, 5) is 11.9. The van der Waals surface area contributed by atoms with Crippen LogP contribution >= 0.6 is 11.3 Å². The van der Waals surface area contributed by atoms with E-state index in [-0.39, 0.29) is 5.91 Å². The molecule has 0 saturated heterocycles. The summed E-state index contributed by atoms with van der Waals surface area (Å²) in [6, 6.07) is 7.07. The molecule has 1 aromatic carbocycles. The van der Waals surface area contributed by atoms with Crippen molar-refractivity contribution in [3.8, 4) is 5.75 Å². The topological polar surface area (TPSA) is 64.1 Å². The molecule has 0 aliphatic heterocycles. The lowest BCUT2D eigenvalue weighted by Crippen LogP contribution is -2.11. The number of anilines is 1. The molecule has 2 rings (SSSR count). The largest absolute Gasteiger partial charge is 0.494 e. The smallest absolute Gasteiger partial charge is 0.257 e. The van der Waals surface area contributed by atoms with Crippen LogP contribution in [0.15, 0.2) is 29.8 Å². The molecular formula is C12H13N3O2S. The molecule has 5 nitrogen and oxygen atoms in total. The third kappa shape index (κ3) is 3.27. The minimum atomic E-state index is -0.214. The van der Waals surface area contributed by atoms with Crippen molar-refractivity contribution in [2.75, 3.05) is 11.9 Å². The molecule has 0 saturated carbocycles. The van der Waals surface area contributed by atoms with Gasteiger partial charge in [-0.1, -0.05) is 24.3 Å². The maximum atomic E-state index is 11.9. The van der Waals surface area contributed by atoms with Gasteiger partial charge in [0.05, 0.1) is 6.61 Å². The Morgan fingerprint density at radius 1 is 1.50 bits per heavy atom. The zero-order valence-electron chi connectivity index (χ0n) is 9.92. The third-order valence-corrected chi connectivity index (χ3v) is 2.76. The highest BCUT2D eigenvalue weighted by atomic mass is 32.1. The highest BCUT2D eigenvalue weighted by molar-refractivity contribution is 7.13. The van der Waals surface area contributed by atoms with E-state index in [1.165, 1.54) is 11.3 Å². The number of nitrogens with one attached hydrogen (secondary N) is 1. The van der Waals surface area contributed by atoms with Crippen LogP contribution in [-0.2, 0) is 0 Å². The van der Waals surface area contributed by atoms with Gasteiger partial charge in [0, 0.05) is 5.56 Å². The fraction of sp³-hybridized carbons (Fsp3) is 0.250. The summed E-state index contributed by atoms with van der Waals surface area (Å²) in [6.45, 7) is 2.67. The van der Waals surface area contributed by atoms with Crippen molar-refractivity contribution in [2.45, 2.75) is 13.3 Å². The molecule has 0 aliphatic carbocycles. The van der Waals surface area contributed by atoms with Crippen LogP contribution in [0.25, 0.3) is 0 Å². The SMILES string of the molecule is CCCOc1cccc(C(=O)Nc2nncs2)c1. The predicted octanol–water partition coefficient (Wildman–Crippen LogP) is 2.58. The number of carbonyl (C=O) groups is 1. The van der Waals surface area contributed by atoms with Crippen LogP contribution in [0.1, 0.15) is 23.7 Å². The van der Waals surface area contributed by atoms with Gasteiger partial charge in [-0.05, 0) is 24.6 Å². The van der Waals surface area contributed by atoms with E-state index in [1.807, 2.05) is 13.0 Å². The Balaban J connectivity index is 2.05. The minimum Gasteiger partial charge on any atom is -0.494 e. The molecule has 0 bridgehead atoms. The van der Waals surface area contributed by atoms with Gasteiger partial charge in [-0.3, -0.25) is 10.1 Å². The minimum absolute atomic E-state index is 0.214. The van der Waals surface area contributed by atoms with Crippen molar-refractivity contribution in [1.82, 2.24) is 10.2 Å². The average Bonchev–Trinajstić information content (AvgIpc) is 2.89. The molecular weight excluding hydrogens is 250 g/mol. The number of hydrogen-bond donors (Lipinski definition) is 1. The van der Waals surface area contributed by atoms with Gasteiger partial charge in [-0.2, -0.15) is 0 Å². The summed E-state index contributed by atoms with van der Waals surface area (Å²) in [5.74, 6) is 0.482. The van der Waals surface area contributed by atoms with Gasteiger partial charge in [-0.15, -0.1) is 10.2 Å². The number of carbonyl (C=O) groups excluding carboxylic acids is 1. The van der Waals surface area contributed by atoms with Gasteiger partial charge in [0.15, 0.2) is 0 Å². The standard InChI is InChI=1S/C12H13N3O2S/c1-2-6-17-10-5-3-4-9(7-10)11(16)14-12-15-13-8-18-12/h3-5,7-8H,2,6H2,1H3,(H,14,15,16). The second-order valence-electron chi connectivity index (χ2n) is 3.57. The van der Waals surface area contributed by atoms with Crippen LogP contribution in [0.2, 0.25) is 0 Å². The summed E-state index contributed by atoms with van der Waals surface area (Å²) in [5, 5.41) is 10.6. The van der Waals surface area contributed by atoms with Crippen LogP contribution in [0.3, 0.4) is 0 Å². The Labute approximate surface area is 109 Å². The number of amides is 1. The average molecular weight is 263 g/mol. The Morgan fingerprint density at radius 2 is 2.39 bits per heavy atom. The van der Waals surface area contributed by atoms with Crippen molar-refractivity contribution in [3.05, 3.63) is 35.3 Å². The zero-order chi connectivity index (χ0) is 12.8. The molecule has 0 fully saturated rings. The summed E-state index contributed by atoms with van der Waals surface area (Å²) in [6.07, 6.45) is 0.932. The van der Waals surface area contributed by atoms with Crippen LogP contribution < -0.4 is 10.1 Å². The van der Waals surface area contributed by atoms with Crippen LogP contribution in [0.4, 0.5) is 5.13 Å². The van der Waals surface area contributed by atoms with E-state index in [9.17, 15) is 4.79 Å². The number of nitrogens with zero attached hydrogens (tertiary/aromatic N) is 2. The molecule has 0 unspecified atom stereocenters. The van der Waals surface area contributed by atoms with E-state index in [0.29, 0.717) is 23.1 Å². The van der Waals surface area contributed by atoms with Crippen molar-refractivity contribution >= 4 is 22.4 Å². The first kappa shape index (κ1) is 12.5. The van der Waals surface area contributed by atoms with Gasteiger partial charge in [0.25, 0.3) is 5.91 Å². The molecule has 1 heterocycles. The lowest BCUT2D eigenvalue weighted by molar-refractivity contribution is 0.102. The fourth-order valence-electron chi connectivity index (χ4n) is 1.34. The molecule has 1 aromatic heterocycles. The lowest BCUT2D eigenvalue weighted by Gasteiger charge is -2.06. The van der Waals surface area contributed by atoms with E-state index >= 15 is 0 Å². The van der Waals surface area contributed by atoms with Crippen LogP contribution in [-0.4, -0.2) is 22.7 Å². The molecule has 1 N–H and O–H groups in total. The van der Waals surface area contributed by atoms with E-state index in [2.05, 4.69) is 15.5 Å². The molecule has 2 aromatic rings. The number of hydrogen-bond acceptors (Lipinski definition) is 5. The number of benzene rings is 1. The third-order valence-electron chi connectivity index (χ3n) is 2.15. The number of aromatic nitrogens is 2. The molecule has 6 heteroatoms. The van der Waals surface area contributed by atoms with E-state index in [4.69, 9.17) is 4.74 Å². The van der Waals surface area contributed by atoms with Crippen molar-refractivity contribution < 1.29 is 9.53 Å². The van der Waals surface area contributed by atoms with Crippen molar-refractivity contribution in [3.63, 3.8) is 0 Å². The Bertz CT molecular complexity index is 514. The van der Waals surface area contributed by atoms with Crippen LogP contribution in [0.5, 0.6) is 5.75 Å². The molecule has 0 spiro atoms.